The molecular formula is C4H8ClNO2. The molecule has 4 heteroatoms. The average Bonchev–Trinajstić information content (AvgIpc) is 1.65. The highest BCUT2D eigenvalue weighted by Crippen LogP contribution is 1.91. The summed E-state index contributed by atoms with van der Waals surface area (Å²) in [7, 11) is 0. The van der Waals surface area contributed by atoms with Gasteiger partial charge in [-0.15, -0.1) is 11.6 Å². The molecule has 0 saturated carbocycles. The predicted octanol–water partition coefficient (Wildman–Crippen LogP) is 0.709. The van der Waals surface area contributed by atoms with E-state index in [1.807, 2.05) is 0 Å². The van der Waals surface area contributed by atoms with Gasteiger partial charge in [0, 0.05) is 0 Å². The van der Waals surface area contributed by atoms with Crippen LogP contribution in [-0.2, 0) is 4.74 Å². The normalized spacial score (nSPS) is 12.8. The number of hydrogen-bond acceptors (Lipinski definition) is 2. The number of halogens is 1. The second-order valence-corrected chi connectivity index (χ2v) is 1.71. The molecule has 0 aromatic heterocycles. The first kappa shape index (κ1) is 7.56. The van der Waals surface area contributed by atoms with Crippen LogP contribution in [0.2, 0.25) is 0 Å². The van der Waals surface area contributed by atoms with E-state index in [0.717, 1.165) is 0 Å². The summed E-state index contributed by atoms with van der Waals surface area (Å²) in [5.41, 5.74) is 4.65. The molecule has 0 bridgehead atoms. The number of primary amides is 1. The maximum atomic E-state index is 9.91. The van der Waals surface area contributed by atoms with Crippen LogP contribution in [0, 0.1) is 0 Å². The first-order valence-corrected chi connectivity index (χ1v) is 2.72. The van der Waals surface area contributed by atoms with E-state index < -0.39 is 6.09 Å². The van der Waals surface area contributed by atoms with E-state index in [1.165, 1.54) is 0 Å². The lowest BCUT2D eigenvalue weighted by Crippen LogP contribution is -2.21. The monoisotopic (exact) mass is 137 g/mol. The van der Waals surface area contributed by atoms with E-state index >= 15 is 0 Å². The first-order valence-electron chi connectivity index (χ1n) is 2.19. The second-order valence-electron chi connectivity index (χ2n) is 1.40. The summed E-state index contributed by atoms with van der Waals surface area (Å²) in [6.45, 7) is 1.66. The molecule has 0 heterocycles. The number of nitrogens with two attached hydrogens (primary N) is 1. The summed E-state index contributed by atoms with van der Waals surface area (Å²) in [6, 6.07) is 0. The molecule has 0 aromatic rings. The minimum absolute atomic E-state index is 0.281. The van der Waals surface area contributed by atoms with Crippen LogP contribution in [0.25, 0.3) is 0 Å². The molecule has 0 aliphatic carbocycles. The standard InChI is InChI=1S/C4H8ClNO2/c1-3(2-5)8-4(6)7/h3H,2H2,1H3,(H2,6,7)/t3-/m1/s1. The summed E-state index contributed by atoms with van der Waals surface area (Å²) < 4.78 is 4.41. The largest absolute Gasteiger partial charge is 0.445 e. The lowest BCUT2D eigenvalue weighted by atomic mass is 10.5. The van der Waals surface area contributed by atoms with E-state index in [1.54, 1.807) is 6.92 Å². The Hall–Kier alpha value is -0.440. The highest BCUT2D eigenvalue weighted by Gasteiger charge is 2.01. The van der Waals surface area contributed by atoms with Gasteiger partial charge in [-0.2, -0.15) is 0 Å². The molecule has 1 atom stereocenters. The Bertz CT molecular complexity index is 86.1. The van der Waals surface area contributed by atoms with Crippen molar-refractivity contribution in [3.63, 3.8) is 0 Å². The molecule has 0 saturated heterocycles. The van der Waals surface area contributed by atoms with Crippen molar-refractivity contribution in [2.75, 3.05) is 5.88 Å². The minimum atomic E-state index is -0.779. The van der Waals surface area contributed by atoms with Crippen molar-refractivity contribution >= 4 is 17.7 Å². The fraction of sp³-hybridized carbons (Fsp3) is 0.750. The smallest absolute Gasteiger partial charge is 0.404 e. The fourth-order valence-electron chi connectivity index (χ4n) is 0.230. The van der Waals surface area contributed by atoms with Gasteiger partial charge < -0.3 is 10.5 Å². The predicted molar refractivity (Wildman–Crippen MR) is 30.9 cm³/mol. The molecule has 8 heavy (non-hydrogen) atoms. The highest BCUT2D eigenvalue weighted by atomic mass is 35.5. The average molecular weight is 138 g/mol. The number of hydrogen-bond donors (Lipinski definition) is 1. The molecule has 0 spiro atoms. The van der Waals surface area contributed by atoms with Gasteiger partial charge in [0.25, 0.3) is 0 Å². The van der Waals surface area contributed by atoms with E-state index in [-0.39, 0.29) is 12.0 Å². The number of carbonyl (C=O) groups excluding carboxylic acids is 1. The third-order valence-corrected chi connectivity index (χ3v) is 0.969. The molecule has 0 rings (SSSR count). The lowest BCUT2D eigenvalue weighted by molar-refractivity contribution is 0.127. The molecule has 0 unspecified atom stereocenters. The van der Waals surface area contributed by atoms with E-state index in [0.29, 0.717) is 0 Å². The van der Waals surface area contributed by atoms with Crippen LogP contribution >= 0.6 is 11.6 Å². The molecule has 3 nitrogen and oxygen atoms in total. The maximum absolute atomic E-state index is 9.91. The SMILES string of the molecule is C[C@H](CCl)OC(N)=O. The van der Waals surface area contributed by atoms with Crippen molar-refractivity contribution in [1.29, 1.82) is 0 Å². The van der Waals surface area contributed by atoms with Gasteiger partial charge in [-0.1, -0.05) is 0 Å². The number of carbonyl (C=O) groups is 1. The summed E-state index contributed by atoms with van der Waals surface area (Å²) in [5, 5.41) is 0. The summed E-state index contributed by atoms with van der Waals surface area (Å²) in [5.74, 6) is 0.281. The number of rotatable bonds is 2. The number of alkyl halides is 1. The zero-order chi connectivity index (χ0) is 6.57. The van der Waals surface area contributed by atoms with Crippen LogP contribution in [0.1, 0.15) is 6.92 Å². The van der Waals surface area contributed by atoms with Gasteiger partial charge >= 0.3 is 6.09 Å². The van der Waals surface area contributed by atoms with Crippen LogP contribution in [0.15, 0.2) is 0 Å². The Balaban J connectivity index is 3.24. The molecule has 0 aromatic carbocycles. The van der Waals surface area contributed by atoms with Gasteiger partial charge in [0.15, 0.2) is 0 Å². The molecular weight excluding hydrogens is 130 g/mol. The number of amides is 1. The van der Waals surface area contributed by atoms with Crippen LogP contribution in [0.3, 0.4) is 0 Å². The molecule has 0 radical (unpaired) electrons. The van der Waals surface area contributed by atoms with Gasteiger partial charge in [0.05, 0.1) is 5.88 Å². The minimum Gasteiger partial charge on any atom is -0.445 e. The Morgan fingerprint density at radius 3 is 2.62 bits per heavy atom. The van der Waals surface area contributed by atoms with Crippen LogP contribution in [0.5, 0.6) is 0 Å². The van der Waals surface area contributed by atoms with Crippen molar-refractivity contribution in [3.8, 4) is 0 Å². The fourth-order valence-corrected chi connectivity index (χ4v) is 0.293. The first-order chi connectivity index (χ1) is 3.66. The molecule has 0 aliphatic rings. The maximum Gasteiger partial charge on any atom is 0.404 e. The van der Waals surface area contributed by atoms with Gasteiger partial charge in [-0.25, -0.2) is 4.79 Å². The zero-order valence-corrected chi connectivity index (χ0v) is 5.31. The van der Waals surface area contributed by atoms with E-state index in [9.17, 15) is 4.79 Å². The van der Waals surface area contributed by atoms with Crippen molar-refractivity contribution in [2.24, 2.45) is 5.73 Å². The summed E-state index contributed by atoms with van der Waals surface area (Å²) in [6.07, 6.45) is -1.06. The van der Waals surface area contributed by atoms with Gasteiger partial charge in [0.2, 0.25) is 0 Å². The van der Waals surface area contributed by atoms with Gasteiger partial charge in [-0.3, -0.25) is 0 Å². The molecule has 1 amide bonds. The zero-order valence-electron chi connectivity index (χ0n) is 4.56. The molecule has 0 fully saturated rings. The molecule has 2 N–H and O–H groups in total. The summed E-state index contributed by atoms with van der Waals surface area (Å²) in [4.78, 5) is 9.91. The van der Waals surface area contributed by atoms with Crippen LogP contribution in [0.4, 0.5) is 4.79 Å². The number of ether oxygens (including phenoxy) is 1. The molecule has 0 aliphatic heterocycles. The molecule has 48 valence electrons. The second kappa shape index (κ2) is 3.55. The van der Waals surface area contributed by atoms with Crippen molar-refractivity contribution in [2.45, 2.75) is 13.0 Å². The van der Waals surface area contributed by atoms with Gasteiger partial charge in [-0.05, 0) is 6.92 Å². The lowest BCUT2D eigenvalue weighted by Gasteiger charge is -2.04. The summed E-state index contributed by atoms with van der Waals surface area (Å²) >= 11 is 5.26. The highest BCUT2D eigenvalue weighted by molar-refractivity contribution is 6.18. The third-order valence-electron chi connectivity index (χ3n) is 0.535. The van der Waals surface area contributed by atoms with Crippen LogP contribution in [-0.4, -0.2) is 18.1 Å². The van der Waals surface area contributed by atoms with E-state index in [4.69, 9.17) is 11.6 Å². The third kappa shape index (κ3) is 3.74. The quantitative estimate of drug-likeness (QED) is 0.570. The Kier molecular flexibility index (Phi) is 3.35. The topological polar surface area (TPSA) is 52.3 Å². The van der Waals surface area contributed by atoms with Crippen molar-refractivity contribution in [3.05, 3.63) is 0 Å². The van der Waals surface area contributed by atoms with E-state index in [2.05, 4.69) is 10.5 Å². The van der Waals surface area contributed by atoms with Crippen molar-refractivity contribution in [1.82, 2.24) is 0 Å². The Morgan fingerprint density at radius 2 is 2.50 bits per heavy atom. The van der Waals surface area contributed by atoms with Crippen LogP contribution < -0.4 is 5.73 Å². The van der Waals surface area contributed by atoms with Crippen molar-refractivity contribution < 1.29 is 9.53 Å². The van der Waals surface area contributed by atoms with Gasteiger partial charge in [0.1, 0.15) is 6.10 Å². The Labute approximate surface area is 52.8 Å². The Morgan fingerprint density at radius 1 is 2.00 bits per heavy atom.